The minimum absolute atomic E-state index is 0.0136. The fourth-order valence-corrected chi connectivity index (χ4v) is 3.12. The Morgan fingerprint density at radius 3 is 2.57 bits per heavy atom. The maximum atomic E-state index is 13.1. The molecule has 0 spiro atoms. The molecule has 118 valence electrons. The van der Waals surface area contributed by atoms with Gasteiger partial charge in [-0.2, -0.15) is 0 Å². The van der Waals surface area contributed by atoms with Gasteiger partial charge in [-0.3, -0.25) is 0 Å². The van der Waals surface area contributed by atoms with E-state index in [-0.39, 0.29) is 17.5 Å². The average molecular weight is 293 g/mol. The SMILES string of the molecule is CCC1(C)CC(NC(c2ccc(F)cc2)C(C)C)CCO1. The van der Waals surface area contributed by atoms with E-state index in [1.807, 2.05) is 12.1 Å². The lowest BCUT2D eigenvalue weighted by molar-refractivity contribution is -0.0797. The highest BCUT2D eigenvalue weighted by atomic mass is 19.1. The van der Waals surface area contributed by atoms with Gasteiger partial charge >= 0.3 is 0 Å². The zero-order chi connectivity index (χ0) is 15.5. The molecule has 21 heavy (non-hydrogen) atoms. The van der Waals surface area contributed by atoms with Crippen LogP contribution in [0.5, 0.6) is 0 Å². The first-order valence-corrected chi connectivity index (χ1v) is 8.09. The highest BCUT2D eigenvalue weighted by Gasteiger charge is 2.33. The van der Waals surface area contributed by atoms with Crippen LogP contribution in [-0.2, 0) is 4.74 Å². The van der Waals surface area contributed by atoms with Crippen LogP contribution in [-0.4, -0.2) is 18.2 Å². The molecule has 1 N–H and O–H groups in total. The molecule has 1 aromatic carbocycles. The van der Waals surface area contributed by atoms with E-state index in [0.29, 0.717) is 12.0 Å². The van der Waals surface area contributed by atoms with Gasteiger partial charge in [0, 0.05) is 18.7 Å². The Balaban J connectivity index is 2.08. The second-order valence-corrected chi connectivity index (χ2v) is 6.78. The molecule has 1 aliphatic rings. The zero-order valence-electron chi connectivity index (χ0n) is 13.7. The third-order valence-electron chi connectivity index (χ3n) is 4.65. The van der Waals surface area contributed by atoms with Crippen LogP contribution in [0.25, 0.3) is 0 Å². The first kappa shape index (κ1) is 16.4. The number of hydrogen-bond donors (Lipinski definition) is 1. The van der Waals surface area contributed by atoms with Gasteiger partial charge in [-0.1, -0.05) is 32.9 Å². The molecule has 2 rings (SSSR count). The van der Waals surface area contributed by atoms with Gasteiger partial charge in [0.2, 0.25) is 0 Å². The summed E-state index contributed by atoms with van der Waals surface area (Å²) >= 11 is 0. The summed E-state index contributed by atoms with van der Waals surface area (Å²) in [5.41, 5.74) is 1.15. The molecule has 2 nitrogen and oxygen atoms in total. The van der Waals surface area contributed by atoms with E-state index >= 15 is 0 Å². The molecule has 0 amide bonds. The summed E-state index contributed by atoms with van der Waals surface area (Å²) in [6.45, 7) is 9.61. The second kappa shape index (κ2) is 6.89. The van der Waals surface area contributed by atoms with Crippen LogP contribution in [0.3, 0.4) is 0 Å². The van der Waals surface area contributed by atoms with Crippen molar-refractivity contribution in [3.05, 3.63) is 35.6 Å². The summed E-state index contributed by atoms with van der Waals surface area (Å²) in [5.74, 6) is 0.289. The molecule has 0 aliphatic carbocycles. The summed E-state index contributed by atoms with van der Waals surface area (Å²) in [5, 5.41) is 3.78. The summed E-state index contributed by atoms with van der Waals surface area (Å²) in [4.78, 5) is 0. The number of ether oxygens (including phenoxy) is 1. The van der Waals surface area contributed by atoms with Crippen LogP contribution in [0, 0.1) is 11.7 Å². The van der Waals surface area contributed by atoms with Crippen molar-refractivity contribution in [3.8, 4) is 0 Å². The number of benzene rings is 1. The maximum absolute atomic E-state index is 13.1. The standard InChI is InChI=1S/C18H28FNO/c1-5-18(4)12-16(10-11-21-18)20-17(13(2)3)14-6-8-15(19)9-7-14/h6-9,13,16-17,20H,5,10-12H2,1-4H3. The Morgan fingerprint density at radius 1 is 1.33 bits per heavy atom. The molecule has 3 unspecified atom stereocenters. The van der Waals surface area contributed by atoms with Crippen molar-refractivity contribution in [1.82, 2.24) is 5.32 Å². The van der Waals surface area contributed by atoms with E-state index in [9.17, 15) is 4.39 Å². The van der Waals surface area contributed by atoms with Gasteiger partial charge in [0.15, 0.2) is 0 Å². The fourth-order valence-electron chi connectivity index (χ4n) is 3.12. The highest BCUT2D eigenvalue weighted by molar-refractivity contribution is 5.20. The number of nitrogens with one attached hydrogen (secondary N) is 1. The maximum Gasteiger partial charge on any atom is 0.123 e. The Bertz CT molecular complexity index is 445. The summed E-state index contributed by atoms with van der Waals surface area (Å²) in [6, 6.07) is 7.60. The fraction of sp³-hybridized carbons (Fsp3) is 0.667. The quantitative estimate of drug-likeness (QED) is 0.865. The van der Waals surface area contributed by atoms with E-state index in [0.717, 1.165) is 31.4 Å². The average Bonchev–Trinajstić information content (AvgIpc) is 2.46. The van der Waals surface area contributed by atoms with E-state index in [2.05, 4.69) is 33.0 Å². The van der Waals surface area contributed by atoms with Gasteiger partial charge < -0.3 is 10.1 Å². The molecule has 1 aromatic rings. The molecule has 1 saturated heterocycles. The Morgan fingerprint density at radius 2 is 2.00 bits per heavy atom. The van der Waals surface area contributed by atoms with Crippen LogP contribution < -0.4 is 5.32 Å². The van der Waals surface area contributed by atoms with Gasteiger partial charge in [0.1, 0.15) is 5.82 Å². The molecular formula is C18H28FNO. The third kappa shape index (κ3) is 4.27. The molecule has 3 heteroatoms. The smallest absolute Gasteiger partial charge is 0.123 e. The van der Waals surface area contributed by atoms with Crippen LogP contribution in [0.15, 0.2) is 24.3 Å². The molecule has 3 atom stereocenters. The van der Waals surface area contributed by atoms with Crippen molar-refractivity contribution < 1.29 is 9.13 Å². The lowest BCUT2D eigenvalue weighted by atomic mass is 9.87. The van der Waals surface area contributed by atoms with Crippen LogP contribution >= 0.6 is 0 Å². The molecule has 1 heterocycles. The first-order valence-electron chi connectivity index (χ1n) is 8.09. The van der Waals surface area contributed by atoms with Gasteiger partial charge in [0.05, 0.1) is 5.60 Å². The van der Waals surface area contributed by atoms with Crippen molar-refractivity contribution in [1.29, 1.82) is 0 Å². The van der Waals surface area contributed by atoms with Crippen molar-refractivity contribution >= 4 is 0 Å². The predicted octanol–water partition coefficient (Wildman–Crippen LogP) is 4.46. The van der Waals surface area contributed by atoms with E-state index in [4.69, 9.17) is 4.74 Å². The predicted molar refractivity (Wildman–Crippen MR) is 84.8 cm³/mol. The van der Waals surface area contributed by atoms with Crippen molar-refractivity contribution in [2.45, 2.75) is 64.6 Å². The Hall–Kier alpha value is -0.930. The largest absolute Gasteiger partial charge is 0.375 e. The van der Waals surface area contributed by atoms with Crippen molar-refractivity contribution in [3.63, 3.8) is 0 Å². The number of rotatable bonds is 5. The molecule has 1 aliphatic heterocycles. The molecule has 1 fully saturated rings. The molecule has 0 aromatic heterocycles. The minimum Gasteiger partial charge on any atom is -0.375 e. The van der Waals surface area contributed by atoms with E-state index < -0.39 is 0 Å². The summed E-state index contributed by atoms with van der Waals surface area (Å²) in [7, 11) is 0. The molecule has 0 bridgehead atoms. The Kier molecular flexibility index (Phi) is 5.39. The highest BCUT2D eigenvalue weighted by Crippen LogP contribution is 2.31. The Labute approximate surface area is 128 Å². The summed E-state index contributed by atoms with van der Waals surface area (Å²) in [6.07, 6.45) is 3.11. The number of halogens is 1. The second-order valence-electron chi connectivity index (χ2n) is 6.78. The lowest BCUT2D eigenvalue weighted by Crippen LogP contribution is -2.46. The normalized spacial score (nSPS) is 27.8. The third-order valence-corrected chi connectivity index (χ3v) is 4.65. The van der Waals surface area contributed by atoms with Crippen molar-refractivity contribution in [2.24, 2.45) is 5.92 Å². The van der Waals surface area contributed by atoms with Gasteiger partial charge in [-0.15, -0.1) is 0 Å². The number of hydrogen-bond acceptors (Lipinski definition) is 2. The first-order chi connectivity index (χ1) is 9.93. The zero-order valence-corrected chi connectivity index (χ0v) is 13.7. The molecular weight excluding hydrogens is 265 g/mol. The van der Waals surface area contributed by atoms with Gasteiger partial charge in [-0.05, 0) is 49.8 Å². The lowest BCUT2D eigenvalue weighted by Gasteiger charge is -2.40. The summed E-state index contributed by atoms with van der Waals surface area (Å²) < 4.78 is 19.0. The van der Waals surface area contributed by atoms with E-state index in [1.54, 1.807) is 12.1 Å². The topological polar surface area (TPSA) is 21.3 Å². The monoisotopic (exact) mass is 293 g/mol. The van der Waals surface area contributed by atoms with E-state index in [1.165, 1.54) is 0 Å². The molecule has 0 radical (unpaired) electrons. The van der Waals surface area contributed by atoms with Crippen molar-refractivity contribution in [2.75, 3.05) is 6.61 Å². The van der Waals surface area contributed by atoms with Gasteiger partial charge in [0.25, 0.3) is 0 Å². The minimum atomic E-state index is -0.175. The van der Waals surface area contributed by atoms with Gasteiger partial charge in [-0.25, -0.2) is 4.39 Å². The van der Waals surface area contributed by atoms with Crippen LogP contribution in [0.1, 0.15) is 58.6 Å². The van der Waals surface area contributed by atoms with Crippen LogP contribution in [0.2, 0.25) is 0 Å². The molecule has 0 saturated carbocycles. The van der Waals surface area contributed by atoms with Crippen LogP contribution in [0.4, 0.5) is 4.39 Å².